The highest BCUT2D eigenvalue weighted by molar-refractivity contribution is 7.09. The van der Waals surface area contributed by atoms with E-state index in [0.717, 1.165) is 67.0 Å². The number of aromatic nitrogens is 1. The minimum atomic E-state index is -0.147. The minimum absolute atomic E-state index is 0.116. The zero-order valence-corrected chi connectivity index (χ0v) is 22.5. The Kier molecular flexibility index (Phi) is 7.89. The number of nitrogens with one attached hydrogen (secondary N) is 1. The van der Waals surface area contributed by atoms with Gasteiger partial charge in [-0.1, -0.05) is 55.7 Å². The number of benzene rings is 2. The Morgan fingerprint density at radius 1 is 1.14 bits per heavy atom. The van der Waals surface area contributed by atoms with E-state index in [0.29, 0.717) is 18.8 Å². The molecule has 1 fully saturated rings. The molecule has 2 aromatic carbocycles. The number of nitrogens with zero attached hydrogens (tertiary/aromatic N) is 2. The van der Waals surface area contributed by atoms with Gasteiger partial charge in [0.1, 0.15) is 23.1 Å². The Hall–Kier alpha value is -3.19. The van der Waals surface area contributed by atoms with Crippen LogP contribution in [0.5, 0.6) is 5.75 Å². The lowest BCUT2D eigenvalue weighted by Crippen LogP contribution is -2.43. The summed E-state index contributed by atoms with van der Waals surface area (Å²) in [6, 6.07) is 14.7. The van der Waals surface area contributed by atoms with Crippen LogP contribution in [0.1, 0.15) is 82.8 Å². The molecule has 0 unspecified atom stereocenters. The molecule has 1 aliphatic heterocycles. The summed E-state index contributed by atoms with van der Waals surface area (Å²) in [7, 11) is 0. The van der Waals surface area contributed by atoms with E-state index in [1.807, 2.05) is 13.0 Å². The molecule has 5 rings (SSSR count). The molecule has 3 aromatic rings. The molecule has 2 aliphatic rings. The number of ether oxygens (including phenoxy) is 1. The lowest BCUT2D eigenvalue weighted by molar-refractivity contribution is -0.137. The summed E-state index contributed by atoms with van der Waals surface area (Å²) in [5, 5.41) is 5.39. The highest BCUT2D eigenvalue weighted by atomic mass is 32.1. The first-order valence-corrected chi connectivity index (χ1v) is 14.3. The third-order valence-corrected chi connectivity index (χ3v) is 8.23. The lowest BCUT2D eigenvalue weighted by Gasteiger charge is -2.39. The van der Waals surface area contributed by atoms with Crippen LogP contribution in [0.3, 0.4) is 0 Å². The molecular weight excluding hydrogens is 482 g/mol. The predicted molar refractivity (Wildman–Crippen MR) is 146 cm³/mol. The SMILES string of the molecule is CCCNC(=O)c1csc(COc2ccc3c(c2)[C@@H](c2ccc(C)cc2)N(C(=O)C2CCCC2)CC3)n1. The van der Waals surface area contributed by atoms with Crippen LogP contribution in [0.2, 0.25) is 0 Å². The fourth-order valence-electron chi connectivity index (χ4n) is 5.39. The van der Waals surface area contributed by atoms with Crippen LogP contribution < -0.4 is 10.1 Å². The van der Waals surface area contributed by atoms with Crippen LogP contribution >= 0.6 is 11.3 Å². The van der Waals surface area contributed by atoms with Crippen molar-refractivity contribution in [2.45, 2.75) is 65.0 Å². The van der Waals surface area contributed by atoms with Gasteiger partial charge in [0.15, 0.2) is 0 Å². The van der Waals surface area contributed by atoms with Crippen molar-refractivity contribution in [2.24, 2.45) is 5.92 Å². The summed E-state index contributed by atoms with van der Waals surface area (Å²) in [6.07, 6.45) is 6.02. The number of hydrogen-bond donors (Lipinski definition) is 1. The number of rotatable bonds is 8. The predicted octanol–water partition coefficient (Wildman–Crippen LogP) is 5.83. The van der Waals surface area contributed by atoms with Gasteiger partial charge in [0.2, 0.25) is 5.91 Å². The number of carbonyl (C=O) groups excluding carboxylic acids is 2. The van der Waals surface area contributed by atoms with Gasteiger partial charge in [-0.05, 0) is 61.4 Å². The van der Waals surface area contributed by atoms with E-state index in [9.17, 15) is 9.59 Å². The van der Waals surface area contributed by atoms with E-state index in [1.165, 1.54) is 22.5 Å². The number of thiazole rings is 1. The first-order chi connectivity index (χ1) is 18.0. The second-order valence-corrected chi connectivity index (χ2v) is 11.1. The number of carbonyl (C=O) groups is 2. The normalized spacial score (nSPS) is 17.5. The van der Waals surface area contributed by atoms with Gasteiger partial charge in [-0.25, -0.2) is 4.98 Å². The Balaban J connectivity index is 1.38. The Morgan fingerprint density at radius 3 is 2.68 bits per heavy atom. The third kappa shape index (κ3) is 5.72. The van der Waals surface area contributed by atoms with Gasteiger partial charge in [0.05, 0.1) is 6.04 Å². The van der Waals surface area contributed by atoms with Gasteiger partial charge >= 0.3 is 0 Å². The summed E-state index contributed by atoms with van der Waals surface area (Å²) in [5.41, 5.74) is 5.17. The van der Waals surface area contributed by atoms with Crippen molar-refractivity contribution in [3.05, 3.63) is 80.8 Å². The fraction of sp³-hybridized carbons (Fsp3) is 0.433. The zero-order chi connectivity index (χ0) is 25.8. The largest absolute Gasteiger partial charge is 0.486 e. The van der Waals surface area contributed by atoms with E-state index in [4.69, 9.17) is 4.74 Å². The molecule has 1 aliphatic carbocycles. The number of hydrogen-bond acceptors (Lipinski definition) is 5. The van der Waals surface area contributed by atoms with Crippen LogP contribution in [-0.2, 0) is 17.8 Å². The molecule has 2 heterocycles. The van der Waals surface area contributed by atoms with Crippen LogP contribution in [0, 0.1) is 12.8 Å². The summed E-state index contributed by atoms with van der Waals surface area (Å²) in [6.45, 7) is 5.78. The van der Waals surface area contributed by atoms with Crippen molar-refractivity contribution < 1.29 is 14.3 Å². The first-order valence-electron chi connectivity index (χ1n) is 13.4. The van der Waals surface area contributed by atoms with Crippen molar-refractivity contribution in [1.82, 2.24) is 15.2 Å². The maximum absolute atomic E-state index is 13.6. The Labute approximate surface area is 223 Å². The second kappa shape index (κ2) is 11.5. The summed E-state index contributed by atoms with van der Waals surface area (Å²) in [4.78, 5) is 32.4. The summed E-state index contributed by atoms with van der Waals surface area (Å²) >= 11 is 1.43. The number of fused-ring (bicyclic) bond motifs is 1. The third-order valence-electron chi connectivity index (χ3n) is 7.41. The fourth-order valence-corrected chi connectivity index (χ4v) is 6.08. The lowest BCUT2D eigenvalue weighted by atomic mass is 9.86. The Morgan fingerprint density at radius 2 is 1.92 bits per heavy atom. The van der Waals surface area contributed by atoms with E-state index in [1.54, 1.807) is 5.38 Å². The van der Waals surface area contributed by atoms with E-state index in [2.05, 4.69) is 58.5 Å². The zero-order valence-electron chi connectivity index (χ0n) is 21.7. The molecule has 0 radical (unpaired) electrons. The molecule has 1 saturated carbocycles. The average molecular weight is 518 g/mol. The standard InChI is InChI=1S/C30H35N3O3S/c1-3-15-31-29(34)26-19-37-27(32-26)18-36-24-13-12-21-14-16-33(30(35)23-6-4-5-7-23)28(25(21)17-24)22-10-8-20(2)9-11-22/h8-13,17,19,23,28H,3-7,14-16,18H2,1-2H3,(H,31,34)/t28-/m1/s1. The highest BCUT2D eigenvalue weighted by Crippen LogP contribution is 2.40. The monoisotopic (exact) mass is 517 g/mol. The average Bonchev–Trinajstić information content (AvgIpc) is 3.63. The molecule has 194 valence electrons. The van der Waals surface area contributed by atoms with Crippen molar-refractivity contribution in [2.75, 3.05) is 13.1 Å². The van der Waals surface area contributed by atoms with Gasteiger partial charge in [0, 0.05) is 24.4 Å². The maximum Gasteiger partial charge on any atom is 0.270 e. The van der Waals surface area contributed by atoms with Gasteiger partial charge in [-0.2, -0.15) is 0 Å². The quantitative estimate of drug-likeness (QED) is 0.408. The molecule has 6 nitrogen and oxygen atoms in total. The first kappa shape index (κ1) is 25.5. The molecule has 2 amide bonds. The van der Waals surface area contributed by atoms with E-state index in [-0.39, 0.29) is 23.8 Å². The molecule has 37 heavy (non-hydrogen) atoms. The van der Waals surface area contributed by atoms with Crippen molar-refractivity contribution in [3.8, 4) is 5.75 Å². The van der Waals surface area contributed by atoms with Gasteiger partial charge < -0.3 is 15.0 Å². The van der Waals surface area contributed by atoms with Crippen LogP contribution in [0.25, 0.3) is 0 Å². The second-order valence-electron chi connectivity index (χ2n) is 10.1. The highest BCUT2D eigenvalue weighted by Gasteiger charge is 2.36. The molecule has 7 heteroatoms. The maximum atomic E-state index is 13.6. The summed E-state index contributed by atoms with van der Waals surface area (Å²) < 4.78 is 6.14. The van der Waals surface area contributed by atoms with E-state index < -0.39 is 0 Å². The van der Waals surface area contributed by atoms with Gasteiger partial charge in [-0.3, -0.25) is 9.59 Å². The van der Waals surface area contributed by atoms with Crippen molar-refractivity contribution in [1.29, 1.82) is 0 Å². The molecule has 1 aromatic heterocycles. The van der Waals surface area contributed by atoms with Crippen LogP contribution in [0.15, 0.2) is 47.8 Å². The van der Waals surface area contributed by atoms with Gasteiger partial charge in [0.25, 0.3) is 5.91 Å². The minimum Gasteiger partial charge on any atom is -0.486 e. The molecule has 1 atom stereocenters. The Bertz CT molecular complexity index is 1250. The topological polar surface area (TPSA) is 71.5 Å². The number of amides is 2. The molecule has 0 bridgehead atoms. The number of aryl methyl sites for hydroxylation is 1. The summed E-state index contributed by atoms with van der Waals surface area (Å²) in [5.74, 6) is 1.03. The molecule has 0 saturated heterocycles. The van der Waals surface area contributed by atoms with Crippen LogP contribution in [0.4, 0.5) is 0 Å². The van der Waals surface area contributed by atoms with E-state index >= 15 is 0 Å². The van der Waals surface area contributed by atoms with Crippen molar-refractivity contribution in [3.63, 3.8) is 0 Å². The smallest absolute Gasteiger partial charge is 0.270 e. The van der Waals surface area contributed by atoms with Crippen LogP contribution in [-0.4, -0.2) is 34.8 Å². The molecular formula is C30H35N3O3S. The molecule has 1 N–H and O–H groups in total. The van der Waals surface area contributed by atoms with Gasteiger partial charge in [-0.15, -0.1) is 11.3 Å². The van der Waals surface area contributed by atoms with Crippen molar-refractivity contribution >= 4 is 23.2 Å². The molecule has 0 spiro atoms.